The minimum atomic E-state index is 0.217. The molecule has 1 atom stereocenters. The summed E-state index contributed by atoms with van der Waals surface area (Å²) >= 11 is 0. The smallest absolute Gasteiger partial charge is 0.227 e. The highest BCUT2D eigenvalue weighted by Gasteiger charge is 2.30. The normalized spacial score (nSPS) is 24.2. The number of likely N-dealkylation sites (tertiary alicyclic amines) is 1. The van der Waals surface area contributed by atoms with Crippen LogP contribution in [0.1, 0.15) is 37.7 Å². The predicted molar refractivity (Wildman–Crippen MR) is 77.4 cm³/mol. The van der Waals surface area contributed by atoms with Gasteiger partial charge in [-0.05, 0) is 44.2 Å². The van der Waals surface area contributed by atoms with E-state index in [-0.39, 0.29) is 5.92 Å². The van der Waals surface area contributed by atoms with Gasteiger partial charge < -0.3 is 10.2 Å². The summed E-state index contributed by atoms with van der Waals surface area (Å²) in [7, 11) is 0. The zero-order valence-corrected chi connectivity index (χ0v) is 12.2. The predicted octanol–water partition coefficient (Wildman–Crippen LogP) is 1.22. The molecule has 20 heavy (non-hydrogen) atoms. The van der Waals surface area contributed by atoms with Gasteiger partial charge in [-0.1, -0.05) is 0 Å². The molecule has 2 aliphatic heterocycles. The van der Waals surface area contributed by atoms with Gasteiger partial charge in [0, 0.05) is 32.4 Å². The van der Waals surface area contributed by atoms with Gasteiger partial charge in [-0.3, -0.25) is 9.48 Å². The summed E-state index contributed by atoms with van der Waals surface area (Å²) in [4.78, 5) is 14.4. The number of carbonyl (C=O) groups is 1. The van der Waals surface area contributed by atoms with Crippen molar-refractivity contribution >= 4 is 5.91 Å². The van der Waals surface area contributed by atoms with Gasteiger partial charge in [-0.2, -0.15) is 5.10 Å². The van der Waals surface area contributed by atoms with Gasteiger partial charge in [0.05, 0.1) is 12.1 Å². The highest BCUT2D eigenvalue weighted by Crippen LogP contribution is 2.28. The third kappa shape index (κ3) is 2.73. The second kappa shape index (κ2) is 5.95. The molecule has 0 saturated carbocycles. The number of amides is 1. The SMILES string of the molecule is CCn1cc(C2CCN(C(=O)C3CCNC3)CC2)cn1. The molecule has 2 fully saturated rings. The van der Waals surface area contributed by atoms with Crippen LogP contribution in [0.15, 0.2) is 12.4 Å². The van der Waals surface area contributed by atoms with Crippen LogP contribution in [0.3, 0.4) is 0 Å². The first-order chi connectivity index (χ1) is 9.78. The molecule has 1 amide bonds. The van der Waals surface area contributed by atoms with Crippen molar-refractivity contribution in [1.82, 2.24) is 20.0 Å². The second-order valence-electron chi connectivity index (χ2n) is 5.92. The van der Waals surface area contributed by atoms with Crippen molar-refractivity contribution in [2.45, 2.75) is 38.6 Å². The fraction of sp³-hybridized carbons (Fsp3) is 0.733. The van der Waals surface area contributed by atoms with Gasteiger partial charge in [0.1, 0.15) is 0 Å². The lowest BCUT2D eigenvalue weighted by molar-refractivity contribution is -0.136. The largest absolute Gasteiger partial charge is 0.342 e. The molecule has 1 aromatic heterocycles. The van der Waals surface area contributed by atoms with Crippen LogP contribution in [0, 0.1) is 5.92 Å². The molecule has 0 aromatic carbocycles. The van der Waals surface area contributed by atoms with Gasteiger partial charge in [-0.15, -0.1) is 0 Å². The number of aryl methyl sites for hydroxylation is 1. The lowest BCUT2D eigenvalue weighted by atomic mass is 9.91. The Labute approximate surface area is 120 Å². The third-order valence-corrected chi connectivity index (χ3v) is 4.66. The minimum absolute atomic E-state index is 0.217. The molecule has 5 nitrogen and oxygen atoms in total. The fourth-order valence-corrected chi connectivity index (χ4v) is 3.32. The van der Waals surface area contributed by atoms with Crippen LogP contribution < -0.4 is 5.32 Å². The number of carbonyl (C=O) groups excluding carboxylic acids is 1. The van der Waals surface area contributed by atoms with Crippen LogP contribution in [0.2, 0.25) is 0 Å². The molecule has 2 aliphatic rings. The van der Waals surface area contributed by atoms with E-state index in [4.69, 9.17) is 0 Å². The molecule has 5 heteroatoms. The van der Waals surface area contributed by atoms with E-state index in [1.54, 1.807) is 0 Å². The lowest BCUT2D eigenvalue weighted by Crippen LogP contribution is -2.41. The van der Waals surface area contributed by atoms with Gasteiger partial charge in [-0.25, -0.2) is 0 Å². The number of piperidine rings is 1. The number of aromatic nitrogens is 2. The second-order valence-corrected chi connectivity index (χ2v) is 5.92. The Bertz CT molecular complexity index is 456. The molecule has 1 unspecified atom stereocenters. The van der Waals surface area contributed by atoms with E-state index in [1.807, 2.05) is 10.9 Å². The van der Waals surface area contributed by atoms with Crippen molar-refractivity contribution in [3.05, 3.63) is 18.0 Å². The Morgan fingerprint density at radius 1 is 1.40 bits per heavy atom. The van der Waals surface area contributed by atoms with Crippen LogP contribution in [-0.2, 0) is 11.3 Å². The fourth-order valence-electron chi connectivity index (χ4n) is 3.32. The monoisotopic (exact) mass is 276 g/mol. The summed E-state index contributed by atoms with van der Waals surface area (Å²) in [5.74, 6) is 1.15. The number of rotatable bonds is 3. The van der Waals surface area contributed by atoms with Gasteiger partial charge in [0.25, 0.3) is 0 Å². The van der Waals surface area contributed by atoms with E-state index in [2.05, 4.69) is 28.4 Å². The summed E-state index contributed by atoms with van der Waals surface area (Å²) in [6, 6.07) is 0. The molecule has 3 heterocycles. The Balaban J connectivity index is 1.55. The highest BCUT2D eigenvalue weighted by atomic mass is 16.2. The molecule has 0 spiro atoms. The molecule has 1 N–H and O–H groups in total. The average Bonchev–Trinajstić information content (AvgIpc) is 3.18. The van der Waals surface area contributed by atoms with Crippen molar-refractivity contribution < 1.29 is 4.79 Å². The molecular formula is C15H24N4O. The van der Waals surface area contributed by atoms with Crippen LogP contribution in [0.25, 0.3) is 0 Å². The van der Waals surface area contributed by atoms with E-state index in [1.165, 1.54) is 5.56 Å². The number of nitrogens with zero attached hydrogens (tertiary/aromatic N) is 3. The first-order valence-corrected chi connectivity index (χ1v) is 7.79. The first kappa shape index (κ1) is 13.6. The Morgan fingerprint density at radius 2 is 2.20 bits per heavy atom. The molecule has 0 bridgehead atoms. The zero-order valence-electron chi connectivity index (χ0n) is 12.2. The Hall–Kier alpha value is -1.36. The summed E-state index contributed by atoms with van der Waals surface area (Å²) in [5.41, 5.74) is 1.33. The maximum Gasteiger partial charge on any atom is 0.227 e. The van der Waals surface area contributed by atoms with E-state index in [9.17, 15) is 4.79 Å². The minimum Gasteiger partial charge on any atom is -0.342 e. The molecule has 1 aromatic rings. The number of hydrogen-bond donors (Lipinski definition) is 1. The van der Waals surface area contributed by atoms with Crippen molar-refractivity contribution in [2.75, 3.05) is 26.2 Å². The Kier molecular flexibility index (Phi) is 4.05. The molecule has 110 valence electrons. The number of nitrogens with one attached hydrogen (secondary N) is 1. The van der Waals surface area contributed by atoms with Crippen molar-refractivity contribution in [3.8, 4) is 0 Å². The molecule has 3 rings (SSSR count). The zero-order chi connectivity index (χ0) is 13.9. The molecule has 0 aliphatic carbocycles. The standard InChI is InChI=1S/C15H24N4O/c1-2-19-11-14(10-17-19)12-4-7-18(8-5-12)15(20)13-3-6-16-9-13/h10-13,16H,2-9H2,1H3. The molecule has 2 saturated heterocycles. The van der Waals surface area contributed by atoms with Gasteiger partial charge >= 0.3 is 0 Å². The third-order valence-electron chi connectivity index (χ3n) is 4.66. The highest BCUT2D eigenvalue weighted by molar-refractivity contribution is 5.79. The van der Waals surface area contributed by atoms with E-state index in [0.717, 1.165) is 52.0 Å². The van der Waals surface area contributed by atoms with Crippen LogP contribution in [0.5, 0.6) is 0 Å². The van der Waals surface area contributed by atoms with E-state index in [0.29, 0.717) is 11.8 Å². The average molecular weight is 276 g/mol. The number of hydrogen-bond acceptors (Lipinski definition) is 3. The topological polar surface area (TPSA) is 50.2 Å². The maximum absolute atomic E-state index is 12.4. The van der Waals surface area contributed by atoms with Crippen molar-refractivity contribution in [2.24, 2.45) is 5.92 Å². The summed E-state index contributed by atoms with van der Waals surface area (Å²) in [6.45, 7) is 6.68. The van der Waals surface area contributed by atoms with Crippen LogP contribution in [-0.4, -0.2) is 46.8 Å². The van der Waals surface area contributed by atoms with Crippen molar-refractivity contribution in [1.29, 1.82) is 0 Å². The quantitative estimate of drug-likeness (QED) is 0.903. The van der Waals surface area contributed by atoms with Crippen molar-refractivity contribution in [3.63, 3.8) is 0 Å². The summed E-state index contributed by atoms with van der Waals surface area (Å²) in [5, 5.41) is 7.63. The van der Waals surface area contributed by atoms with E-state index < -0.39 is 0 Å². The van der Waals surface area contributed by atoms with Gasteiger partial charge in [0.2, 0.25) is 5.91 Å². The van der Waals surface area contributed by atoms with Gasteiger partial charge in [0.15, 0.2) is 0 Å². The summed E-state index contributed by atoms with van der Waals surface area (Å²) < 4.78 is 1.98. The first-order valence-electron chi connectivity index (χ1n) is 7.79. The lowest BCUT2D eigenvalue weighted by Gasteiger charge is -2.33. The van der Waals surface area contributed by atoms with Crippen LogP contribution in [0.4, 0.5) is 0 Å². The summed E-state index contributed by atoms with van der Waals surface area (Å²) in [6.07, 6.45) is 7.29. The molecule has 0 radical (unpaired) electrons. The Morgan fingerprint density at radius 3 is 2.80 bits per heavy atom. The van der Waals surface area contributed by atoms with Crippen LogP contribution >= 0.6 is 0 Å². The maximum atomic E-state index is 12.4. The van der Waals surface area contributed by atoms with E-state index >= 15 is 0 Å². The molecular weight excluding hydrogens is 252 g/mol.